The molecular formula is C22H16N2O4. The van der Waals surface area contributed by atoms with Crippen molar-refractivity contribution < 1.29 is 19.1 Å². The molecule has 0 heterocycles. The van der Waals surface area contributed by atoms with Gasteiger partial charge in [0, 0.05) is 22.4 Å². The topological polar surface area (TPSA) is 98.5 Å². The second kappa shape index (κ2) is 6.66. The second-order valence-electron chi connectivity index (χ2n) is 6.34. The van der Waals surface area contributed by atoms with Crippen molar-refractivity contribution in [1.82, 2.24) is 0 Å². The molecule has 0 saturated carbocycles. The molecule has 0 bridgehead atoms. The monoisotopic (exact) mass is 372 g/mol. The number of benzene rings is 3. The number of ether oxygens (including phenoxy) is 1. The molecule has 1 aliphatic carbocycles. The van der Waals surface area contributed by atoms with Crippen molar-refractivity contribution in [3.8, 4) is 5.75 Å². The highest BCUT2D eigenvalue weighted by atomic mass is 16.5. The molecule has 6 heteroatoms. The summed E-state index contributed by atoms with van der Waals surface area (Å²) < 4.78 is 5.09. The Kier molecular flexibility index (Phi) is 4.16. The van der Waals surface area contributed by atoms with Crippen LogP contribution in [0, 0.1) is 0 Å². The number of hydrogen-bond donors (Lipinski definition) is 2. The number of fused-ring (bicyclic) bond motifs is 2. The molecular weight excluding hydrogens is 356 g/mol. The minimum atomic E-state index is -0.394. The largest absolute Gasteiger partial charge is 0.497 e. The van der Waals surface area contributed by atoms with E-state index >= 15 is 0 Å². The summed E-state index contributed by atoms with van der Waals surface area (Å²) in [5.74, 6) is -0.441. The summed E-state index contributed by atoms with van der Waals surface area (Å²) in [5.41, 5.74) is 7.70. The Morgan fingerprint density at radius 1 is 0.857 bits per heavy atom. The van der Waals surface area contributed by atoms with Crippen LogP contribution < -0.4 is 15.8 Å². The SMILES string of the molecule is COc1ccc(C(=O)Nc2cccc3c2C(=O)c2cccc(N)c2C3=O)cc1. The molecule has 3 aromatic carbocycles. The number of nitrogens with one attached hydrogen (secondary N) is 1. The Hall–Kier alpha value is -3.93. The summed E-state index contributed by atoms with van der Waals surface area (Å²) in [5, 5.41) is 2.74. The van der Waals surface area contributed by atoms with Gasteiger partial charge in [0.05, 0.1) is 23.9 Å². The molecule has 0 atom stereocenters. The zero-order valence-electron chi connectivity index (χ0n) is 15.0. The zero-order valence-corrected chi connectivity index (χ0v) is 15.0. The fraction of sp³-hybridized carbons (Fsp3) is 0.0455. The van der Waals surface area contributed by atoms with E-state index in [4.69, 9.17) is 10.5 Å². The molecule has 3 N–H and O–H groups in total. The first-order chi connectivity index (χ1) is 13.5. The molecule has 0 aliphatic heterocycles. The first-order valence-electron chi connectivity index (χ1n) is 8.57. The van der Waals surface area contributed by atoms with Gasteiger partial charge in [0.1, 0.15) is 5.75 Å². The van der Waals surface area contributed by atoms with E-state index in [2.05, 4.69) is 5.32 Å². The van der Waals surface area contributed by atoms with Crippen LogP contribution >= 0.6 is 0 Å². The number of ketones is 2. The lowest BCUT2D eigenvalue weighted by Crippen LogP contribution is -2.25. The third kappa shape index (κ3) is 2.72. The lowest BCUT2D eigenvalue weighted by Gasteiger charge is -2.21. The first-order valence-corrected chi connectivity index (χ1v) is 8.57. The molecule has 0 saturated heterocycles. The van der Waals surface area contributed by atoms with Crippen LogP contribution in [0.3, 0.4) is 0 Å². The normalized spacial score (nSPS) is 12.2. The van der Waals surface area contributed by atoms with E-state index in [-0.39, 0.29) is 45.2 Å². The van der Waals surface area contributed by atoms with Crippen LogP contribution in [0.4, 0.5) is 11.4 Å². The Bertz CT molecular complexity index is 1130. The maximum atomic E-state index is 13.1. The molecule has 0 unspecified atom stereocenters. The Balaban J connectivity index is 1.74. The van der Waals surface area contributed by atoms with E-state index in [0.29, 0.717) is 11.3 Å². The van der Waals surface area contributed by atoms with Crippen molar-refractivity contribution in [2.75, 3.05) is 18.2 Å². The molecule has 6 nitrogen and oxygen atoms in total. The molecule has 3 aromatic rings. The van der Waals surface area contributed by atoms with Crippen LogP contribution in [0.25, 0.3) is 0 Å². The predicted octanol–water partition coefficient (Wildman–Crippen LogP) is 3.31. The smallest absolute Gasteiger partial charge is 0.255 e. The van der Waals surface area contributed by atoms with Crippen molar-refractivity contribution in [1.29, 1.82) is 0 Å². The van der Waals surface area contributed by atoms with E-state index in [1.165, 1.54) is 0 Å². The highest BCUT2D eigenvalue weighted by Crippen LogP contribution is 2.34. The summed E-state index contributed by atoms with van der Waals surface area (Å²) >= 11 is 0. The van der Waals surface area contributed by atoms with Gasteiger partial charge in [0.2, 0.25) is 0 Å². The van der Waals surface area contributed by atoms with E-state index in [1.807, 2.05) is 0 Å². The van der Waals surface area contributed by atoms with Crippen molar-refractivity contribution in [2.45, 2.75) is 0 Å². The fourth-order valence-electron chi connectivity index (χ4n) is 3.31. The minimum absolute atomic E-state index is 0.174. The van der Waals surface area contributed by atoms with Gasteiger partial charge in [0.15, 0.2) is 11.6 Å². The van der Waals surface area contributed by atoms with E-state index in [0.717, 1.165) is 0 Å². The van der Waals surface area contributed by atoms with Gasteiger partial charge in [-0.05, 0) is 36.4 Å². The highest BCUT2D eigenvalue weighted by Gasteiger charge is 2.33. The van der Waals surface area contributed by atoms with E-state index in [1.54, 1.807) is 67.8 Å². The summed E-state index contributed by atoms with van der Waals surface area (Å²) in [6.07, 6.45) is 0. The number of anilines is 2. The number of rotatable bonds is 3. The molecule has 0 spiro atoms. The van der Waals surface area contributed by atoms with Crippen molar-refractivity contribution >= 4 is 28.8 Å². The molecule has 0 aromatic heterocycles. The van der Waals surface area contributed by atoms with Gasteiger partial charge >= 0.3 is 0 Å². The molecule has 28 heavy (non-hydrogen) atoms. The van der Waals surface area contributed by atoms with Crippen molar-refractivity contribution in [3.63, 3.8) is 0 Å². The molecule has 0 radical (unpaired) electrons. The van der Waals surface area contributed by atoms with Gasteiger partial charge in [-0.1, -0.05) is 24.3 Å². The van der Waals surface area contributed by atoms with Crippen molar-refractivity contribution in [3.05, 3.63) is 88.5 Å². The maximum Gasteiger partial charge on any atom is 0.255 e. The summed E-state index contributed by atoms with van der Waals surface area (Å²) in [7, 11) is 1.54. The van der Waals surface area contributed by atoms with Crippen LogP contribution in [-0.2, 0) is 0 Å². The molecule has 0 fully saturated rings. The summed E-state index contributed by atoms with van der Waals surface area (Å²) in [6, 6.07) is 16.1. The predicted molar refractivity (Wildman–Crippen MR) is 105 cm³/mol. The lowest BCUT2D eigenvalue weighted by molar-refractivity contribution is 0.0979. The number of amides is 1. The fourth-order valence-corrected chi connectivity index (χ4v) is 3.31. The van der Waals surface area contributed by atoms with Crippen LogP contribution in [0.2, 0.25) is 0 Å². The van der Waals surface area contributed by atoms with Gasteiger partial charge in [-0.25, -0.2) is 0 Å². The Morgan fingerprint density at radius 2 is 1.46 bits per heavy atom. The minimum Gasteiger partial charge on any atom is -0.497 e. The maximum absolute atomic E-state index is 13.1. The first kappa shape index (κ1) is 17.5. The number of carbonyl (C=O) groups is 3. The van der Waals surface area contributed by atoms with Crippen LogP contribution in [0.15, 0.2) is 60.7 Å². The molecule has 138 valence electrons. The van der Waals surface area contributed by atoms with Crippen LogP contribution in [0.1, 0.15) is 42.2 Å². The quantitative estimate of drug-likeness (QED) is 0.538. The second-order valence-corrected chi connectivity index (χ2v) is 6.34. The molecule has 4 rings (SSSR count). The van der Waals surface area contributed by atoms with Gasteiger partial charge < -0.3 is 15.8 Å². The highest BCUT2D eigenvalue weighted by molar-refractivity contribution is 6.32. The van der Waals surface area contributed by atoms with E-state index in [9.17, 15) is 14.4 Å². The number of nitrogen functional groups attached to an aromatic ring is 1. The summed E-state index contributed by atoms with van der Waals surface area (Å²) in [6.45, 7) is 0. The number of methoxy groups -OCH3 is 1. The van der Waals surface area contributed by atoms with Gasteiger partial charge in [-0.15, -0.1) is 0 Å². The van der Waals surface area contributed by atoms with Crippen LogP contribution in [0.5, 0.6) is 5.75 Å². The number of carbonyl (C=O) groups excluding carboxylic acids is 3. The third-order valence-corrected chi connectivity index (χ3v) is 4.70. The number of nitrogens with two attached hydrogens (primary N) is 1. The molecule has 1 amide bonds. The van der Waals surface area contributed by atoms with E-state index < -0.39 is 5.91 Å². The van der Waals surface area contributed by atoms with Gasteiger partial charge in [0.25, 0.3) is 5.91 Å². The van der Waals surface area contributed by atoms with Gasteiger partial charge in [-0.2, -0.15) is 0 Å². The van der Waals surface area contributed by atoms with Crippen molar-refractivity contribution in [2.24, 2.45) is 0 Å². The van der Waals surface area contributed by atoms with Crippen LogP contribution in [-0.4, -0.2) is 24.6 Å². The molecule has 1 aliphatic rings. The zero-order chi connectivity index (χ0) is 19.8. The average molecular weight is 372 g/mol. The standard InChI is InChI=1S/C22H16N2O4/c1-28-13-10-8-12(9-11-13)22(27)24-17-7-3-5-15-19(17)21(26)14-4-2-6-16(23)18(14)20(15)25/h2-11H,23H2,1H3,(H,24,27). The lowest BCUT2D eigenvalue weighted by atomic mass is 9.82. The number of hydrogen-bond acceptors (Lipinski definition) is 5. The Labute approximate surface area is 160 Å². The van der Waals surface area contributed by atoms with Gasteiger partial charge in [-0.3, -0.25) is 14.4 Å². The Morgan fingerprint density at radius 3 is 2.14 bits per heavy atom. The average Bonchev–Trinajstić information content (AvgIpc) is 2.71. The summed E-state index contributed by atoms with van der Waals surface area (Å²) in [4.78, 5) is 38.6. The third-order valence-electron chi connectivity index (χ3n) is 4.70.